The number of aromatic nitrogens is 1. The molecule has 1 amide bonds. The molecule has 1 aromatic carbocycles. The molecule has 1 fully saturated rings. The molecule has 138 valence electrons. The van der Waals surface area contributed by atoms with Crippen molar-refractivity contribution in [2.75, 3.05) is 19.8 Å². The van der Waals surface area contributed by atoms with Crippen LogP contribution in [0.15, 0.2) is 29.6 Å². The first-order valence-corrected chi connectivity index (χ1v) is 9.54. The Hall–Kier alpha value is -2.25. The van der Waals surface area contributed by atoms with Crippen molar-refractivity contribution in [3.63, 3.8) is 0 Å². The molecule has 0 aliphatic carbocycles. The van der Waals surface area contributed by atoms with Gasteiger partial charge in [0.05, 0.1) is 5.92 Å². The van der Waals surface area contributed by atoms with E-state index in [4.69, 9.17) is 4.74 Å². The van der Waals surface area contributed by atoms with Crippen LogP contribution in [0.25, 0.3) is 10.6 Å². The van der Waals surface area contributed by atoms with Gasteiger partial charge >= 0.3 is 5.97 Å². The zero-order valence-corrected chi connectivity index (χ0v) is 15.4. The van der Waals surface area contributed by atoms with Gasteiger partial charge < -0.3 is 15.2 Å². The average molecular weight is 374 g/mol. The predicted molar refractivity (Wildman–Crippen MR) is 99.3 cm³/mol. The fourth-order valence-corrected chi connectivity index (χ4v) is 3.95. The zero-order valence-electron chi connectivity index (χ0n) is 14.6. The zero-order chi connectivity index (χ0) is 18.5. The monoisotopic (exact) mass is 374 g/mol. The number of aliphatic carboxylic acids is 1. The van der Waals surface area contributed by atoms with Gasteiger partial charge in [-0.05, 0) is 37.8 Å². The van der Waals surface area contributed by atoms with Crippen LogP contribution >= 0.6 is 11.3 Å². The number of rotatable bonds is 6. The first-order valence-electron chi connectivity index (χ1n) is 8.66. The first kappa shape index (κ1) is 18.5. The molecule has 0 bridgehead atoms. The first-order chi connectivity index (χ1) is 12.5. The van der Waals surface area contributed by atoms with E-state index >= 15 is 0 Å². The molecular weight excluding hydrogens is 352 g/mol. The minimum atomic E-state index is -0.871. The number of carboxylic acid groups (broad SMARTS) is 1. The third-order valence-electron chi connectivity index (χ3n) is 4.63. The van der Waals surface area contributed by atoms with Crippen molar-refractivity contribution < 1.29 is 19.4 Å². The van der Waals surface area contributed by atoms with Crippen LogP contribution < -0.4 is 5.32 Å². The third-order valence-corrected chi connectivity index (χ3v) is 5.63. The lowest BCUT2D eigenvalue weighted by atomic mass is 9.86. The summed E-state index contributed by atoms with van der Waals surface area (Å²) in [6.45, 7) is 3.22. The van der Waals surface area contributed by atoms with Crippen LogP contribution in [-0.2, 0) is 9.53 Å². The molecule has 2 heterocycles. The van der Waals surface area contributed by atoms with Crippen LogP contribution in [0.1, 0.15) is 28.9 Å². The van der Waals surface area contributed by atoms with E-state index in [0.717, 1.165) is 16.3 Å². The predicted octanol–water partition coefficient (Wildman–Crippen LogP) is 2.98. The second-order valence-corrected chi connectivity index (χ2v) is 7.34. The van der Waals surface area contributed by atoms with Gasteiger partial charge in [-0.15, -0.1) is 11.3 Å². The van der Waals surface area contributed by atoms with E-state index in [1.54, 1.807) is 12.1 Å². The van der Waals surface area contributed by atoms with Crippen LogP contribution in [0.4, 0.5) is 0 Å². The smallest absolute Gasteiger partial charge is 0.308 e. The summed E-state index contributed by atoms with van der Waals surface area (Å²) in [5.74, 6) is -1.69. The number of carbonyl (C=O) groups is 2. The standard InChI is InChI=1S/C19H22N2O4S/c1-12-11-26-18(21-12)15-4-2-3-14(9-15)17(22)20-10-16(19(23)24)13-5-7-25-8-6-13/h2-4,9,11,13,16H,5-8,10H2,1H3,(H,20,22)(H,23,24). The molecule has 0 spiro atoms. The van der Waals surface area contributed by atoms with Crippen molar-refractivity contribution in [3.05, 3.63) is 40.9 Å². The number of carbonyl (C=O) groups excluding carboxylic acids is 1. The number of hydrogen-bond donors (Lipinski definition) is 2. The van der Waals surface area contributed by atoms with E-state index in [-0.39, 0.29) is 18.4 Å². The minimum Gasteiger partial charge on any atom is -0.481 e. The molecule has 1 aliphatic heterocycles. The highest BCUT2D eigenvalue weighted by Gasteiger charge is 2.30. The lowest BCUT2D eigenvalue weighted by molar-refractivity contribution is -0.144. The van der Waals surface area contributed by atoms with Crippen LogP contribution in [0.2, 0.25) is 0 Å². The SMILES string of the molecule is Cc1csc(-c2cccc(C(=O)NCC(C(=O)O)C3CCOCC3)c2)n1. The van der Waals surface area contributed by atoms with Crippen molar-refractivity contribution in [1.82, 2.24) is 10.3 Å². The summed E-state index contributed by atoms with van der Waals surface area (Å²) in [5.41, 5.74) is 2.34. The molecule has 1 aliphatic rings. The topological polar surface area (TPSA) is 88.5 Å². The van der Waals surface area contributed by atoms with Gasteiger partial charge in [0.2, 0.25) is 0 Å². The summed E-state index contributed by atoms with van der Waals surface area (Å²) in [6.07, 6.45) is 1.43. The number of amides is 1. The van der Waals surface area contributed by atoms with E-state index in [0.29, 0.717) is 31.6 Å². The van der Waals surface area contributed by atoms with E-state index in [1.165, 1.54) is 11.3 Å². The number of benzene rings is 1. The van der Waals surface area contributed by atoms with Gasteiger partial charge in [0.15, 0.2) is 0 Å². The average Bonchev–Trinajstić information content (AvgIpc) is 3.09. The summed E-state index contributed by atoms with van der Waals surface area (Å²) < 4.78 is 5.30. The highest BCUT2D eigenvalue weighted by molar-refractivity contribution is 7.13. The molecule has 0 radical (unpaired) electrons. The molecule has 0 saturated carbocycles. The Morgan fingerprint density at radius 3 is 2.81 bits per heavy atom. The van der Waals surface area contributed by atoms with E-state index in [2.05, 4.69) is 10.3 Å². The number of ether oxygens (including phenoxy) is 1. The van der Waals surface area contributed by atoms with Crippen molar-refractivity contribution in [2.45, 2.75) is 19.8 Å². The number of hydrogen-bond acceptors (Lipinski definition) is 5. The van der Waals surface area contributed by atoms with Crippen molar-refractivity contribution in [3.8, 4) is 10.6 Å². The van der Waals surface area contributed by atoms with E-state index < -0.39 is 11.9 Å². The second-order valence-electron chi connectivity index (χ2n) is 6.48. The minimum absolute atomic E-state index is 0.0335. The summed E-state index contributed by atoms with van der Waals surface area (Å²) in [5, 5.41) is 15.1. The van der Waals surface area contributed by atoms with Crippen LogP contribution in [0, 0.1) is 18.8 Å². The van der Waals surface area contributed by atoms with E-state index in [9.17, 15) is 14.7 Å². The van der Waals surface area contributed by atoms with Gasteiger partial charge in [0.1, 0.15) is 5.01 Å². The van der Waals surface area contributed by atoms with Crippen LogP contribution in [0.3, 0.4) is 0 Å². The highest BCUT2D eigenvalue weighted by atomic mass is 32.1. The molecule has 1 atom stereocenters. The molecule has 2 N–H and O–H groups in total. The third kappa shape index (κ3) is 4.47. The molecule has 1 aromatic heterocycles. The Morgan fingerprint density at radius 1 is 1.38 bits per heavy atom. The van der Waals surface area contributed by atoms with Gasteiger partial charge in [-0.25, -0.2) is 4.98 Å². The van der Waals surface area contributed by atoms with Crippen LogP contribution in [0.5, 0.6) is 0 Å². The second kappa shape index (κ2) is 8.42. The molecular formula is C19H22N2O4S. The van der Waals surface area contributed by atoms with Crippen molar-refractivity contribution in [1.29, 1.82) is 0 Å². The molecule has 6 nitrogen and oxygen atoms in total. The Kier molecular flexibility index (Phi) is 6.00. The number of aryl methyl sites for hydroxylation is 1. The van der Waals surface area contributed by atoms with Crippen LogP contribution in [-0.4, -0.2) is 41.7 Å². The fraction of sp³-hybridized carbons (Fsp3) is 0.421. The van der Waals surface area contributed by atoms with Gasteiger partial charge in [0, 0.05) is 42.0 Å². The molecule has 1 unspecified atom stereocenters. The molecule has 26 heavy (non-hydrogen) atoms. The number of carboxylic acids is 1. The lowest BCUT2D eigenvalue weighted by Gasteiger charge is -2.27. The quantitative estimate of drug-likeness (QED) is 0.811. The van der Waals surface area contributed by atoms with Crippen molar-refractivity contribution >= 4 is 23.2 Å². The summed E-state index contributed by atoms with van der Waals surface area (Å²) in [4.78, 5) is 28.5. The summed E-state index contributed by atoms with van der Waals surface area (Å²) >= 11 is 1.53. The van der Waals surface area contributed by atoms with Gasteiger partial charge in [0.25, 0.3) is 5.91 Å². The lowest BCUT2D eigenvalue weighted by Crippen LogP contribution is -2.39. The van der Waals surface area contributed by atoms with Crippen molar-refractivity contribution in [2.24, 2.45) is 11.8 Å². The van der Waals surface area contributed by atoms with Gasteiger partial charge in [-0.3, -0.25) is 9.59 Å². The molecule has 2 aromatic rings. The van der Waals surface area contributed by atoms with Gasteiger partial charge in [-0.2, -0.15) is 0 Å². The maximum absolute atomic E-state index is 12.5. The van der Waals surface area contributed by atoms with Gasteiger partial charge in [-0.1, -0.05) is 12.1 Å². The normalized spacial score (nSPS) is 16.2. The Labute approximate surface area is 156 Å². The Morgan fingerprint density at radius 2 is 2.15 bits per heavy atom. The Bertz CT molecular complexity index is 783. The number of nitrogens with one attached hydrogen (secondary N) is 1. The summed E-state index contributed by atoms with van der Waals surface area (Å²) in [7, 11) is 0. The molecule has 1 saturated heterocycles. The number of nitrogens with zero attached hydrogens (tertiary/aromatic N) is 1. The summed E-state index contributed by atoms with van der Waals surface area (Å²) in [6, 6.07) is 7.24. The largest absolute Gasteiger partial charge is 0.481 e. The highest BCUT2D eigenvalue weighted by Crippen LogP contribution is 2.25. The number of thiazole rings is 1. The maximum Gasteiger partial charge on any atom is 0.308 e. The molecule has 3 rings (SSSR count). The maximum atomic E-state index is 12.5. The van der Waals surface area contributed by atoms with E-state index in [1.807, 2.05) is 24.4 Å². The Balaban J connectivity index is 1.66. The fourth-order valence-electron chi connectivity index (χ4n) is 3.16. The molecule has 7 heteroatoms.